The predicted molar refractivity (Wildman–Crippen MR) is 59.7 cm³/mol. The first-order valence-corrected chi connectivity index (χ1v) is 5.68. The Morgan fingerprint density at radius 1 is 1.60 bits per heavy atom. The van der Waals surface area contributed by atoms with E-state index in [4.69, 9.17) is 4.74 Å². The molecule has 15 heavy (non-hydrogen) atoms. The lowest BCUT2D eigenvalue weighted by Crippen LogP contribution is -2.48. The summed E-state index contributed by atoms with van der Waals surface area (Å²) in [6, 6.07) is 0. The van der Waals surface area contributed by atoms with Crippen molar-refractivity contribution in [2.75, 3.05) is 33.3 Å². The van der Waals surface area contributed by atoms with Gasteiger partial charge >= 0.3 is 0 Å². The first-order chi connectivity index (χ1) is 7.11. The van der Waals surface area contributed by atoms with Crippen LogP contribution < -0.4 is 5.32 Å². The number of likely N-dealkylation sites (N-methyl/N-ethyl adjacent to an activating group) is 1. The van der Waals surface area contributed by atoms with E-state index in [0.717, 1.165) is 19.5 Å². The Morgan fingerprint density at radius 3 is 2.87 bits per heavy atom. The number of carbonyl (C=O) groups is 1. The van der Waals surface area contributed by atoms with Gasteiger partial charge in [0.1, 0.15) is 6.10 Å². The summed E-state index contributed by atoms with van der Waals surface area (Å²) in [6.07, 6.45) is 0.762. The first-order valence-electron chi connectivity index (χ1n) is 5.68. The lowest BCUT2D eigenvalue weighted by molar-refractivity contribution is -0.143. The predicted octanol–water partition coefficient (Wildman–Crippen LogP) is 0.479. The Morgan fingerprint density at radius 2 is 2.33 bits per heavy atom. The van der Waals surface area contributed by atoms with Crippen molar-refractivity contribution in [2.24, 2.45) is 5.92 Å². The van der Waals surface area contributed by atoms with Crippen molar-refractivity contribution in [1.29, 1.82) is 0 Å². The maximum absolute atomic E-state index is 11.9. The topological polar surface area (TPSA) is 41.6 Å². The van der Waals surface area contributed by atoms with Gasteiger partial charge in [-0.15, -0.1) is 0 Å². The third-order valence-corrected chi connectivity index (χ3v) is 2.62. The summed E-state index contributed by atoms with van der Waals surface area (Å²) in [6.45, 7) is 7.27. The van der Waals surface area contributed by atoms with Gasteiger partial charge in [0.15, 0.2) is 0 Å². The van der Waals surface area contributed by atoms with Gasteiger partial charge in [0.25, 0.3) is 5.91 Å². The van der Waals surface area contributed by atoms with Crippen molar-refractivity contribution in [3.8, 4) is 0 Å². The standard InChI is InChI=1S/C11H22N2O2/c1-9(2)4-6-13(3)11(14)10-8-12-5-7-15-10/h9-10,12H,4-8H2,1-3H3. The lowest BCUT2D eigenvalue weighted by atomic mass is 10.1. The van der Waals surface area contributed by atoms with Gasteiger partial charge in [-0.1, -0.05) is 13.8 Å². The van der Waals surface area contributed by atoms with Crippen molar-refractivity contribution in [2.45, 2.75) is 26.4 Å². The molecule has 0 aliphatic carbocycles. The molecule has 1 heterocycles. The van der Waals surface area contributed by atoms with E-state index in [1.807, 2.05) is 7.05 Å². The largest absolute Gasteiger partial charge is 0.366 e. The minimum absolute atomic E-state index is 0.0999. The number of carbonyl (C=O) groups excluding carboxylic acids is 1. The minimum Gasteiger partial charge on any atom is -0.366 e. The molecule has 1 saturated heterocycles. The van der Waals surface area contributed by atoms with Crippen LogP contribution in [0.5, 0.6) is 0 Å². The van der Waals surface area contributed by atoms with Gasteiger partial charge in [0, 0.05) is 26.7 Å². The third kappa shape index (κ3) is 4.18. The van der Waals surface area contributed by atoms with Crippen LogP contribution in [0, 0.1) is 5.92 Å². The van der Waals surface area contributed by atoms with Gasteiger partial charge in [0.2, 0.25) is 0 Å². The van der Waals surface area contributed by atoms with E-state index in [1.54, 1.807) is 4.90 Å². The molecular weight excluding hydrogens is 192 g/mol. The Labute approximate surface area is 92.0 Å². The zero-order valence-electron chi connectivity index (χ0n) is 9.95. The number of rotatable bonds is 4. The fraction of sp³-hybridized carbons (Fsp3) is 0.909. The van der Waals surface area contributed by atoms with Crippen LogP contribution in [0.1, 0.15) is 20.3 Å². The number of nitrogens with one attached hydrogen (secondary N) is 1. The summed E-state index contributed by atoms with van der Waals surface area (Å²) >= 11 is 0. The van der Waals surface area contributed by atoms with Crippen LogP contribution in [0.25, 0.3) is 0 Å². The van der Waals surface area contributed by atoms with Crippen LogP contribution >= 0.6 is 0 Å². The fourth-order valence-corrected chi connectivity index (χ4v) is 1.53. The minimum atomic E-state index is -0.282. The molecule has 0 aromatic rings. The molecule has 0 saturated carbocycles. The normalized spacial score (nSPS) is 21.7. The van der Waals surface area contributed by atoms with Crippen LogP contribution in [0.15, 0.2) is 0 Å². The number of morpholine rings is 1. The van der Waals surface area contributed by atoms with Crippen LogP contribution in [0.3, 0.4) is 0 Å². The Bertz CT molecular complexity index is 201. The van der Waals surface area contributed by atoms with Crippen molar-refractivity contribution in [3.05, 3.63) is 0 Å². The van der Waals surface area contributed by atoms with Gasteiger partial charge in [-0.2, -0.15) is 0 Å². The quantitative estimate of drug-likeness (QED) is 0.740. The fourth-order valence-electron chi connectivity index (χ4n) is 1.53. The van der Waals surface area contributed by atoms with Crippen LogP contribution in [0.2, 0.25) is 0 Å². The summed E-state index contributed by atoms with van der Waals surface area (Å²) in [5.41, 5.74) is 0. The molecule has 1 N–H and O–H groups in total. The van der Waals surface area contributed by atoms with E-state index < -0.39 is 0 Å². The highest BCUT2D eigenvalue weighted by atomic mass is 16.5. The van der Waals surface area contributed by atoms with Crippen molar-refractivity contribution < 1.29 is 9.53 Å². The molecule has 1 rings (SSSR count). The summed E-state index contributed by atoms with van der Waals surface area (Å²) in [4.78, 5) is 13.6. The second-order valence-electron chi connectivity index (χ2n) is 4.51. The molecule has 0 spiro atoms. The molecule has 1 aliphatic rings. The highest BCUT2D eigenvalue weighted by Crippen LogP contribution is 2.05. The number of hydrogen-bond donors (Lipinski definition) is 1. The lowest BCUT2D eigenvalue weighted by Gasteiger charge is -2.27. The van der Waals surface area contributed by atoms with Crippen LogP contribution in [-0.2, 0) is 9.53 Å². The van der Waals surface area contributed by atoms with Gasteiger partial charge in [-0.3, -0.25) is 4.79 Å². The molecule has 0 aromatic heterocycles. The molecule has 0 aromatic carbocycles. The van der Waals surface area contributed by atoms with Gasteiger partial charge in [-0.05, 0) is 12.3 Å². The zero-order chi connectivity index (χ0) is 11.3. The Kier molecular flexibility index (Phi) is 5.05. The molecular formula is C11H22N2O2. The van der Waals surface area contributed by atoms with Crippen molar-refractivity contribution in [3.63, 3.8) is 0 Å². The summed E-state index contributed by atoms with van der Waals surface area (Å²) in [7, 11) is 1.85. The van der Waals surface area contributed by atoms with Crippen LogP contribution in [0.4, 0.5) is 0 Å². The maximum atomic E-state index is 11.9. The molecule has 88 valence electrons. The molecule has 0 bridgehead atoms. The van der Waals surface area contributed by atoms with E-state index in [9.17, 15) is 4.79 Å². The average Bonchev–Trinajstić information content (AvgIpc) is 2.26. The van der Waals surface area contributed by atoms with E-state index in [2.05, 4.69) is 19.2 Å². The first kappa shape index (κ1) is 12.5. The van der Waals surface area contributed by atoms with Crippen molar-refractivity contribution in [1.82, 2.24) is 10.2 Å². The highest BCUT2D eigenvalue weighted by molar-refractivity contribution is 5.81. The van der Waals surface area contributed by atoms with Crippen molar-refractivity contribution >= 4 is 5.91 Å². The molecule has 1 atom stereocenters. The molecule has 0 radical (unpaired) electrons. The molecule has 1 amide bonds. The number of ether oxygens (including phenoxy) is 1. The zero-order valence-corrected chi connectivity index (χ0v) is 9.95. The summed E-state index contributed by atoms with van der Waals surface area (Å²) in [5, 5.41) is 3.16. The highest BCUT2D eigenvalue weighted by Gasteiger charge is 2.24. The average molecular weight is 214 g/mol. The van der Waals surface area contributed by atoms with E-state index in [0.29, 0.717) is 19.1 Å². The summed E-state index contributed by atoms with van der Waals surface area (Å²) < 4.78 is 5.41. The monoisotopic (exact) mass is 214 g/mol. The van der Waals surface area contributed by atoms with E-state index in [-0.39, 0.29) is 12.0 Å². The molecule has 4 nitrogen and oxygen atoms in total. The smallest absolute Gasteiger partial charge is 0.252 e. The second-order valence-corrected chi connectivity index (χ2v) is 4.51. The number of amides is 1. The number of nitrogens with zero attached hydrogens (tertiary/aromatic N) is 1. The van der Waals surface area contributed by atoms with Gasteiger partial charge in [-0.25, -0.2) is 0 Å². The Hall–Kier alpha value is -0.610. The molecule has 1 fully saturated rings. The van der Waals surface area contributed by atoms with E-state index >= 15 is 0 Å². The SMILES string of the molecule is CC(C)CCN(C)C(=O)C1CNCCO1. The van der Waals surface area contributed by atoms with Crippen LogP contribution in [-0.4, -0.2) is 50.2 Å². The second kappa shape index (κ2) is 6.08. The van der Waals surface area contributed by atoms with E-state index in [1.165, 1.54) is 0 Å². The molecule has 1 aliphatic heterocycles. The third-order valence-electron chi connectivity index (χ3n) is 2.62. The molecule has 4 heteroatoms. The number of hydrogen-bond acceptors (Lipinski definition) is 3. The maximum Gasteiger partial charge on any atom is 0.252 e. The van der Waals surface area contributed by atoms with Gasteiger partial charge < -0.3 is 15.0 Å². The Balaban J connectivity index is 2.30. The molecule has 1 unspecified atom stereocenters. The van der Waals surface area contributed by atoms with Gasteiger partial charge in [0.05, 0.1) is 6.61 Å². The summed E-state index contributed by atoms with van der Waals surface area (Å²) in [5.74, 6) is 0.730.